The molecule has 1 aliphatic heterocycles. The van der Waals surface area contributed by atoms with Crippen molar-refractivity contribution in [2.24, 2.45) is 0 Å². The Hall–Kier alpha value is -3.56. The van der Waals surface area contributed by atoms with E-state index in [1.807, 2.05) is 24.3 Å². The minimum atomic E-state index is -3.62. The highest BCUT2D eigenvalue weighted by Crippen LogP contribution is 2.21. The van der Waals surface area contributed by atoms with Gasteiger partial charge in [-0.15, -0.1) is 0 Å². The van der Waals surface area contributed by atoms with E-state index in [0.29, 0.717) is 24.6 Å². The molecule has 4 rings (SSSR count). The van der Waals surface area contributed by atoms with Gasteiger partial charge < -0.3 is 19.0 Å². The van der Waals surface area contributed by atoms with E-state index in [4.69, 9.17) is 9.15 Å². The van der Waals surface area contributed by atoms with Gasteiger partial charge in [-0.25, -0.2) is 13.1 Å². The number of methoxy groups -OCH3 is 1. The number of carbonyl (C=O) groups excluding carboxylic acids is 1. The Balaban J connectivity index is 1.27. The minimum Gasteiger partial charge on any atom is -0.497 e. The Bertz CT molecular complexity index is 1230. The summed E-state index contributed by atoms with van der Waals surface area (Å²) in [5, 5.41) is 0. The number of nitrogens with zero attached hydrogens (tertiary/aromatic N) is 2. The van der Waals surface area contributed by atoms with Crippen LogP contribution in [0.5, 0.6) is 5.75 Å². The van der Waals surface area contributed by atoms with Crippen LogP contribution in [0.2, 0.25) is 0 Å². The van der Waals surface area contributed by atoms with E-state index < -0.39 is 10.0 Å². The molecular formula is C25H27N3O5S. The monoisotopic (exact) mass is 481 g/mol. The summed E-state index contributed by atoms with van der Waals surface area (Å²) in [6, 6.07) is 19.4. The highest BCUT2D eigenvalue weighted by Gasteiger charge is 2.20. The highest BCUT2D eigenvalue weighted by molar-refractivity contribution is 7.89. The third kappa shape index (κ3) is 5.86. The molecule has 2 aromatic carbocycles. The van der Waals surface area contributed by atoms with Crippen molar-refractivity contribution in [3.8, 4) is 5.75 Å². The number of anilines is 1. The smallest absolute Gasteiger partial charge is 0.246 e. The summed E-state index contributed by atoms with van der Waals surface area (Å²) in [6.07, 6.45) is 3.09. The molecule has 2 heterocycles. The lowest BCUT2D eigenvalue weighted by Crippen LogP contribution is -2.48. The van der Waals surface area contributed by atoms with E-state index in [1.54, 1.807) is 48.4 Å². The number of piperazine rings is 1. The maximum absolute atomic E-state index is 12.6. The fraction of sp³-hybridized carbons (Fsp3) is 0.240. The van der Waals surface area contributed by atoms with Crippen molar-refractivity contribution in [1.82, 2.24) is 9.62 Å². The molecule has 0 spiro atoms. The van der Waals surface area contributed by atoms with Gasteiger partial charge >= 0.3 is 0 Å². The molecule has 3 aromatic rings. The van der Waals surface area contributed by atoms with Crippen molar-refractivity contribution in [2.75, 3.05) is 38.2 Å². The average molecular weight is 482 g/mol. The molecule has 0 bridgehead atoms. The summed E-state index contributed by atoms with van der Waals surface area (Å²) in [5.41, 5.74) is 1.11. The van der Waals surface area contributed by atoms with Crippen LogP contribution in [-0.2, 0) is 21.4 Å². The van der Waals surface area contributed by atoms with Gasteiger partial charge in [-0.05, 0) is 54.6 Å². The van der Waals surface area contributed by atoms with Crippen molar-refractivity contribution < 1.29 is 22.4 Å². The lowest BCUT2D eigenvalue weighted by atomic mass is 10.2. The van der Waals surface area contributed by atoms with Gasteiger partial charge in [0.25, 0.3) is 0 Å². The second-order valence-corrected chi connectivity index (χ2v) is 9.55. The number of carbonyl (C=O) groups is 1. The second kappa shape index (κ2) is 10.6. The van der Waals surface area contributed by atoms with Gasteiger partial charge in [0.2, 0.25) is 15.9 Å². The minimum absolute atomic E-state index is 0.0202. The lowest BCUT2D eigenvalue weighted by Gasteiger charge is -2.35. The molecule has 1 aliphatic rings. The topological polar surface area (TPSA) is 92.1 Å². The molecule has 0 unspecified atom stereocenters. The molecule has 1 amide bonds. The van der Waals surface area contributed by atoms with Gasteiger partial charge in [-0.3, -0.25) is 4.79 Å². The number of hydrogen-bond acceptors (Lipinski definition) is 6. The Labute approximate surface area is 199 Å². The molecule has 1 fully saturated rings. The summed E-state index contributed by atoms with van der Waals surface area (Å²) in [4.78, 5) is 16.8. The Morgan fingerprint density at radius 3 is 2.38 bits per heavy atom. The lowest BCUT2D eigenvalue weighted by molar-refractivity contribution is -0.126. The van der Waals surface area contributed by atoms with E-state index in [-0.39, 0.29) is 17.3 Å². The molecule has 8 nitrogen and oxygen atoms in total. The van der Waals surface area contributed by atoms with Crippen molar-refractivity contribution in [3.05, 3.63) is 84.3 Å². The maximum Gasteiger partial charge on any atom is 0.246 e. The number of amides is 1. The number of sulfonamides is 1. The van der Waals surface area contributed by atoms with Crippen LogP contribution >= 0.6 is 0 Å². The van der Waals surface area contributed by atoms with Crippen molar-refractivity contribution in [3.63, 3.8) is 0 Å². The zero-order valence-corrected chi connectivity index (χ0v) is 19.7. The number of ether oxygens (including phenoxy) is 1. The van der Waals surface area contributed by atoms with E-state index in [2.05, 4.69) is 9.62 Å². The predicted octanol–water partition coefficient (Wildman–Crippen LogP) is 3.13. The van der Waals surface area contributed by atoms with Crippen LogP contribution in [0.4, 0.5) is 5.69 Å². The first-order chi connectivity index (χ1) is 16.4. The van der Waals surface area contributed by atoms with Crippen LogP contribution in [0.25, 0.3) is 6.08 Å². The highest BCUT2D eigenvalue weighted by atomic mass is 32.2. The second-order valence-electron chi connectivity index (χ2n) is 7.79. The molecule has 0 atom stereocenters. The Kier molecular flexibility index (Phi) is 7.34. The summed E-state index contributed by atoms with van der Waals surface area (Å²) < 4.78 is 38.0. The number of furan rings is 1. The number of hydrogen-bond donors (Lipinski definition) is 1. The van der Waals surface area contributed by atoms with E-state index in [9.17, 15) is 13.2 Å². The SMILES string of the molecule is COc1ccc(N2CCN(C(=O)/C=C/c3ccc(CNS(=O)(=O)c4ccccc4)o3)CC2)cc1. The summed E-state index contributed by atoms with van der Waals surface area (Å²) in [5.74, 6) is 1.67. The first kappa shape index (κ1) is 23.6. The molecule has 0 radical (unpaired) electrons. The van der Waals surface area contributed by atoms with Crippen molar-refractivity contribution in [1.29, 1.82) is 0 Å². The zero-order valence-electron chi connectivity index (χ0n) is 18.9. The molecule has 34 heavy (non-hydrogen) atoms. The molecular weight excluding hydrogens is 454 g/mol. The van der Waals surface area contributed by atoms with Crippen LogP contribution in [0.1, 0.15) is 11.5 Å². The number of nitrogens with one attached hydrogen (secondary N) is 1. The third-order valence-corrected chi connectivity index (χ3v) is 7.01. The van der Waals surface area contributed by atoms with Crippen LogP contribution in [-0.4, -0.2) is 52.5 Å². The number of rotatable bonds is 8. The fourth-order valence-electron chi connectivity index (χ4n) is 3.67. The standard InChI is InChI=1S/C25H27N3O5S/c1-32-21-9-7-20(8-10-21)27-15-17-28(18-16-27)25(29)14-13-22-11-12-23(33-22)19-26-34(30,31)24-5-3-2-4-6-24/h2-14,26H,15-19H2,1H3/b14-13+. The third-order valence-electron chi connectivity index (χ3n) is 5.59. The quantitative estimate of drug-likeness (QED) is 0.497. The van der Waals surface area contributed by atoms with Gasteiger partial charge in [0.05, 0.1) is 18.6 Å². The van der Waals surface area contributed by atoms with Gasteiger partial charge in [0.1, 0.15) is 17.3 Å². The fourth-order valence-corrected chi connectivity index (χ4v) is 4.68. The van der Waals surface area contributed by atoms with Gasteiger partial charge in [-0.1, -0.05) is 18.2 Å². The largest absolute Gasteiger partial charge is 0.497 e. The zero-order chi connectivity index (χ0) is 24.0. The van der Waals surface area contributed by atoms with Crippen LogP contribution in [0.15, 0.2) is 82.1 Å². The number of benzene rings is 2. The summed E-state index contributed by atoms with van der Waals surface area (Å²) >= 11 is 0. The normalized spacial score (nSPS) is 14.5. The van der Waals surface area contributed by atoms with Gasteiger partial charge in [0, 0.05) is 37.9 Å². The van der Waals surface area contributed by atoms with E-state index >= 15 is 0 Å². The molecule has 9 heteroatoms. The Morgan fingerprint density at radius 2 is 1.71 bits per heavy atom. The predicted molar refractivity (Wildman–Crippen MR) is 130 cm³/mol. The molecule has 0 aliphatic carbocycles. The van der Waals surface area contributed by atoms with Crippen LogP contribution in [0, 0.1) is 0 Å². The van der Waals surface area contributed by atoms with Gasteiger partial charge in [-0.2, -0.15) is 0 Å². The molecule has 0 saturated carbocycles. The summed E-state index contributed by atoms with van der Waals surface area (Å²) in [7, 11) is -1.97. The molecule has 1 aromatic heterocycles. The summed E-state index contributed by atoms with van der Waals surface area (Å²) in [6.45, 7) is 2.77. The maximum atomic E-state index is 12.6. The van der Waals surface area contributed by atoms with Crippen molar-refractivity contribution >= 4 is 27.7 Å². The van der Waals surface area contributed by atoms with E-state index in [0.717, 1.165) is 24.5 Å². The first-order valence-electron chi connectivity index (χ1n) is 10.9. The Morgan fingerprint density at radius 1 is 1.00 bits per heavy atom. The molecule has 178 valence electrons. The molecule has 1 saturated heterocycles. The van der Waals surface area contributed by atoms with Crippen LogP contribution in [0.3, 0.4) is 0 Å². The van der Waals surface area contributed by atoms with Crippen LogP contribution < -0.4 is 14.4 Å². The molecule has 1 N–H and O–H groups in total. The first-order valence-corrected chi connectivity index (χ1v) is 12.4. The van der Waals surface area contributed by atoms with E-state index in [1.165, 1.54) is 18.2 Å². The van der Waals surface area contributed by atoms with Crippen molar-refractivity contribution in [2.45, 2.75) is 11.4 Å². The average Bonchev–Trinajstić information content (AvgIpc) is 3.35. The van der Waals surface area contributed by atoms with Gasteiger partial charge in [0.15, 0.2) is 0 Å².